The number of sulfonamides is 1. The van der Waals surface area contributed by atoms with Gasteiger partial charge >= 0.3 is 0 Å². The van der Waals surface area contributed by atoms with E-state index in [1.807, 2.05) is 0 Å². The molecule has 0 aromatic heterocycles. The van der Waals surface area contributed by atoms with Gasteiger partial charge in [-0.1, -0.05) is 25.7 Å². The second-order valence-corrected chi connectivity index (χ2v) is 8.69. The number of nitrogens with zero attached hydrogens (tertiary/aromatic N) is 1. The van der Waals surface area contributed by atoms with E-state index in [1.54, 1.807) is 26.2 Å². The maximum absolute atomic E-state index is 12.7. The first-order valence-corrected chi connectivity index (χ1v) is 10.2. The van der Waals surface area contributed by atoms with E-state index in [1.165, 1.54) is 26.0 Å². The van der Waals surface area contributed by atoms with Crippen LogP contribution in [0.4, 0.5) is 0 Å². The number of likely N-dealkylation sites (N-methyl/N-ethyl adjacent to an activating group) is 1. The summed E-state index contributed by atoms with van der Waals surface area (Å²) in [6, 6.07) is 4.85. The minimum atomic E-state index is -3.71. The van der Waals surface area contributed by atoms with E-state index in [2.05, 4.69) is 5.32 Å². The monoisotopic (exact) mass is 368 g/mol. The van der Waals surface area contributed by atoms with Crippen LogP contribution in [0.5, 0.6) is 5.75 Å². The minimum absolute atomic E-state index is 0.161. The van der Waals surface area contributed by atoms with E-state index in [9.17, 15) is 13.2 Å². The highest BCUT2D eigenvalue weighted by molar-refractivity contribution is 7.89. The molecule has 25 heavy (non-hydrogen) atoms. The predicted octanol–water partition coefficient (Wildman–Crippen LogP) is 2.46. The maximum Gasteiger partial charge on any atom is 0.243 e. The van der Waals surface area contributed by atoms with Gasteiger partial charge in [0.25, 0.3) is 0 Å². The van der Waals surface area contributed by atoms with Gasteiger partial charge in [0.05, 0.1) is 18.6 Å². The van der Waals surface area contributed by atoms with Crippen molar-refractivity contribution in [2.75, 3.05) is 20.7 Å². The molecule has 1 fully saturated rings. The zero-order valence-electron chi connectivity index (χ0n) is 15.2. The summed E-state index contributed by atoms with van der Waals surface area (Å²) >= 11 is 0. The fraction of sp³-hybridized carbons (Fsp3) is 0.611. The van der Waals surface area contributed by atoms with Gasteiger partial charge in [-0.2, -0.15) is 4.31 Å². The number of carbonyl (C=O) groups is 1. The summed E-state index contributed by atoms with van der Waals surface area (Å²) in [4.78, 5) is 12.4. The van der Waals surface area contributed by atoms with Crippen molar-refractivity contribution in [2.45, 2.75) is 56.4 Å². The molecule has 0 atom stereocenters. The van der Waals surface area contributed by atoms with Crippen molar-refractivity contribution in [1.82, 2.24) is 9.62 Å². The summed E-state index contributed by atoms with van der Waals surface area (Å²) in [5, 5.41) is 2.98. The van der Waals surface area contributed by atoms with E-state index >= 15 is 0 Å². The molecule has 1 aliphatic rings. The Morgan fingerprint density at radius 1 is 1.24 bits per heavy atom. The first-order valence-electron chi connectivity index (χ1n) is 8.75. The van der Waals surface area contributed by atoms with Crippen LogP contribution < -0.4 is 10.1 Å². The van der Waals surface area contributed by atoms with Crippen LogP contribution in [-0.4, -0.2) is 45.4 Å². The van der Waals surface area contributed by atoms with Gasteiger partial charge in [0.1, 0.15) is 5.75 Å². The molecule has 0 radical (unpaired) electrons. The molecular formula is C18H28N2O4S. The van der Waals surface area contributed by atoms with Crippen molar-refractivity contribution < 1.29 is 17.9 Å². The summed E-state index contributed by atoms with van der Waals surface area (Å²) in [6.07, 6.45) is 6.59. The molecule has 1 N–H and O–H groups in total. The van der Waals surface area contributed by atoms with E-state index in [0.29, 0.717) is 5.75 Å². The lowest BCUT2D eigenvalue weighted by molar-refractivity contribution is -0.121. The number of rotatable bonds is 6. The molecule has 1 aliphatic carbocycles. The standard InChI is InChI=1S/C18H28N2O4S/c1-14-12-16(10-11-17(14)24-3)25(22,23)20(2)13-18(21)19-15-8-6-4-5-7-9-15/h10-12,15H,4-9,13H2,1-3H3,(H,19,21). The minimum Gasteiger partial charge on any atom is -0.496 e. The Morgan fingerprint density at radius 2 is 1.88 bits per heavy atom. The number of carbonyl (C=O) groups excluding carboxylic acids is 1. The molecule has 7 heteroatoms. The second kappa shape index (κ2) is 8.67. The van der Waals surface area contributed by atoms with Crippen molar-refractivity contribution >= 4 is 15.9 Å². The van der Waals surface area contributed by atoms with Crippen LogP contribution in [0.2, 0.25) is 0 Å². The number of hydrogen-bond donors (Lipinski definition) is 1. The van der Waals surface area contributed by atoms with Gasteiger partial charge in [-0.3, -0.25) is 4.79 Å². The topological polar surface area (TPSA) is 75.7 Å². The normalized spacial score (nSPS) is 16.5. The molecule has 6 nitrogen and oxygen atoms in total. The van der Waals surface area contributed by atoms with Crippen LogP contribution in [-0.2, 0) is 14.8 Å². The van der Waals surface area contributed by atoms with Gasteiger partial charge in [-0.05, 0) is 43.5 Å². The Hall–Kier alpha value is -1.60. The van der Waals surface area contributed by atoms with Gasteiger partial charge in [0.2, 0.25) is 15.9 Å². The average molecular weight is 368 g/mol. The summed E-state index contributed by atoms with van der Waals surface area (Å²) in [7, 11) is -0.738. The van der Waals surface area contributed by atoms with Crippen molar-refractivity contribution in [3.63, 3.8) is 0 Å². The molecule has 0 bridgehead atoms. The first kappa shape index (κ1) is 19.7. The van der Waals surface area contributed by atoms with Crippen LogP contribution in [0.3, 0.4) is 0 Å². The van der Waals surface area contributed by atoms with E-state index in [0.717, 1.165) is 35.6 Å². The van der Waals surface area contributed by atoms with E-state index in [4.69, 9.17) is 4.74 Å². The fourth-order valence-corrected chi connectivity index (χ4v) is 4.39. The average Bonchev–Trinajstić information content (AvgIpc) is 2.83. The lowest BCUT2D eigenvalue weighted by atomic mass is 10.1. The van der Waals surface area contributed by atoms with Crippen molar-refractivity contribution in [3.05, 3.63) is 23.8 Å². The molecule has 0 saturated heterocycles. The molecule has 1 saturated carbocycles. The highest BCUT2D eigenvalue weighted by atomic mass is 32.2. The van der Waals surface area contributed by atoms with Gasteiger partial charge in [-0.25, -0.2) is 8.42 Å². The number of hydrogen-bond acceptors (Lipinski definition) is 4. The molecule has 2 rings (SSSR count). The number of aryl methyl sites for hydroxylation is 1. The zero-order valence-corrected chi connectivity index (χ0v) is 16.1. The van der Waals surface area contributed by atoms with Gasteiger partial charge < -0.3 is 10.1 Å². The molecule has 0 spiro atoms. The summed E-state index contributed by atoms with van der Waals surface area (Å²) in [5.74, 6) is 0.385. The fourth-order valence-electron chi connectivity index (χ4n) is 3.18. The molecule has 0 aliphatic heterocycles. The third-order valence-corrected chi connectivity index (χ3v) is 6.46. The largest absolute Gasteiger partial charge is 0.496 e. The number of amides is 1. The lowest BCUT2D eigenvalue weighted by Gasteiger charge is -2.20. The lowest BCUT2D eigenvalue weighted by Crippen LogP contribution is -2.42. The number of ether oxygens (including phenoxy) is 1. The smallest absolute Gasteiger partial charge is 0.243 e. The number of benzene rings is 1. The van der Waals surface area contributed by atoms with Crippen LogP contribution >= 0.6 is 0 Å². The molecule has 1 aromatic carbocycles. The Kier molecular flexibility index (Phi) is 6.84. The summed E-state index contributed by atoms with van der Waals surface area (Å²) < 4.78 is 31.6. The molecular weight excluding hydrogens is 340 g/mol. The molecule has 0 heterocycles. The van der Waals surface area contributed by atoms with Gasteiger partial charge in [0.15, 0.2) is 0 Å². The highest BCUT2D eigenvalue weighted by Crippen LogP contribution is 2.23. The highest BCUT2D eigenvalue weighted by Gasteiger charge is 2.24. The van der Waals surface area contributed by atoms with E-state index < -0.39 is 10.0 Å². The van der Waals surface area contributed by atoms with Crippen molar-refractivity contribution in [3.8, 4) is 5.75 Å². The number of methoxy groups -OCH3 is 1. The van der Waals surface area contributed by atoms with Crippen LogP contribution in [0.25, 0.3) is 0 Å². The van der Waals surface area contributed by atoms with Gasteiger partial charge in [-0.15, -0.1) is 0 Å². The summed E-state index contributed by atoms with van der Waals surface area (Å²) in [6.45, 7) is 1.61. The molecule has 140 valence electrons. The van der Waals surface area contributed by atoms with E-state index in [-0.39, 0.29) is 23.4 Å². The third-order valence-electron chi connectivity index (χ3n) is 4.66. The zero-order chi connectivity index (χ0) is 18.4. The Bertz CT molecular complexity index is 695. The quantitative estimate of drug-likeness (QED) is 0.783. The molecule has 1 amide bonds. The SMILES string of the molecule is COc1ccc(S(=O)(=O)N(C)CC(=O)NC2CCCCCC2)cc1C. The molecule has 1 aromatic rings. The second-order valence-electron chi connectivity index (χ2n) is 6.65. The third kappa shape index (κ3) is 5.19. The molecule has 0 unspecified atom stereocenters. The first-order chi connectivity index (χ1) is 11.8. The Morgan fingerprint density at radius 3 is 2.44 bits per heavy atom. The van der Waals surface area contributed by atoms with Crippen LogP contribution in [0, 0.1) is 6.92 Å². The Labute approximate surface area is 150 Å². The number of nitrogens with one attached hydrogen (secondary N) is 1. The van der Waals surface area contributed by atoms with Crippen LogP contribution in [0.15, 0.2) is 23.1 Å². The van der Waals surface area contributed by atoms with Crippen molar-refractivity contribution in [1.29, 1.82) is 0 Å². The maximum atomic E-state index is 12.7. The Balaban J connectivity index is 2.01. The van der Waals surface area contributed by atoms with Crippen molar-refractivity contribution in [2.24, 2.45) is 0 Å². The summed E-state index contributed by atoms with van der Waals surface area (Å²) in [5.41, 5.74) is 0.736. The van der Waals surface area contributed by atoms with Crippen LogP contribution in [0.1, 0.15) is 44.1 Å². The van der Waals surface area contributed by atoms with Gasteiger partial charge in [0, 0.05) is 13.1 Å². The predicted molar refractivity (Wildman–Crippen MR) is 97.2 cm³/mol.